The van der Waals surface area contributed by atoms with Crippen LogP contribution in [0.4, 0.5) is 5.95 Å². The molecule has 114 valence electrons. The highest BCUT2D eigenvalue weighted by Gasteiger charge is 2.10. The van der Waals surface area contributed by atoms with Gasteiger partial charge in [0, 0.05) is 31.2 Å². The molecule has 6 nitrogen and oxygen atoms in total. The van der Waals surface area contributed by atoms with Crippen LogP contribution in [-0.2, 0) is 6.42 Å². The van der Waals surface area contributed by atoms with Crippen LogP contribution in [0.2, 0.25) is 0 Å². The number of ether oxygens (including phenoxy) is 1. The van der Waals surface area contributed by atoms with E-state index in [0.717, 1.165) is 41.3 Å². The van der Waals surface area contributed by atoms with Crippen LogP contribution in [0.5, 0.6) is 5.75 Å². The molecule has 0 aliphatic heterocycles. The third-order valence-corrected chi connectivity index (χ3v) is 3.72. The SMILES string of the molecule is COc1ccc2c(C)nc(N(C)CCc3cn[nH]c3)nc2c1. The van der Waals surface area contributed by atoms with E-state index in [1.807, 2.05) is 44.6 Å². The summed E-state index contributed by atoms with van der Waals surface area (Å²) in [6, 6.07) is 5.87. The summed E-state index contributed by atoms with van der Waals surface area (Å²) in [5, 5.41) is 7.83. The predicted octanol–water partition coefficient (Wildman–Crippen LogP) is 2.35. The van der Waals surface area contributed by atoms with Gasteiger partial charge in [0.25, 0.3) is 0 Å². The minimum Gasteiger partial charge on any atom is -0.497 e. The van der Waals surface area contributed by atoms with Gasteiger partial charge in [-0.1, -0.05) is 0 Å². The summed E-state index contributed by atoms with van der Waals surface area (Å²) < 4.78 is 5.27. The van der Waals surface area contributed by atoms with Gasteiger partial charge in [-0.15, -0.1) is 0 Å². The van der Waals surface area contributed by atoms with Crippen molar-refractivity contribution in [3.05, 3.63) is 41.9 Å². The number of fused-ring (bicyclic) bond motifs is 1. The van der Waals surface area contributed by atoms with Crippen molar-refractivity contribution in [3.8, 4) is 5.75 Å². The Bertz CT molecular complexity index is 770. The standard InChI is InChI=1S/C16H19N5O/c1-11-14-5-4-13(22-3)8-15(14)20-16(19-11)21(2)7-6-12-9-17-18-10-12/h4-5,8-10H,6-7H2,1-3H3,(H,17,18). The van der Waals surface area contributed by atoms with Crippen LogP contribution in [0.3, 0.4) is 0 Å². The molecule has 1 N–H and O–H groups in total. The molecule has 0 radical (unpaired) electrons. The van der Waals surface area contributed by atoms with Crippen molar-refractivity contribution in [1.29, 1.82) is 0 Å². The predicted molar refractivity (Wildman–Crippen MR) is 86.4 cm³/mol. The molecule has 0 fully saturated rings. The molecule has 2 aromatic heterocycles. The number of methoxy groups -OCH3 is 1. The normalized spacial score (nSPS) is 10.9. The molecule has 2 heterocycles. The van der Waals surface area contributed by atoms with Gasteiger partial charge in [0.2, 0.25) is 5.95 Å². The van der Waals surface area contributed by atoms with E-state index in [1.54, 1.807) is 7.11 Å². The topological polar surface area (TPSA) is 66.9 Å². The number of aryl methyl sites for hydroxylation is 1. The fourth-order valence-corrected chi connectivity index (χ4v) is 2.36. The quantitative estimate of drug-likeness (QED) is 0.783. The molecule has 0 aliphatic carbocycles. The van der Waals surface area contributed by atoms with E-state index in [1.165, 1.54) is 5.56 Å². The molecule has 22 heavy (non-hydrogen) atoms. The van der Waals surface area contributed by atoms with Crippen LogP contribution in [0.25, 0.3) is 10.9 Å². The van der Waals surface area contributed by atoms with Gasteiger partial charge in [0.15, 0.2) is 0 Å². The van der Waals surface area contributed by atoms with E-state index in [0.29, 0.717) is 0 Å². The summed E-state index contributed by atoms with van der Waals surface area (Å²) in [6.45, 7) is 2.83. The van der Waals surface area contributed by atoms with E-state index in [2.05, 4.69) is 25.1 Å². The maximum absolute atomic E-state index is 5.27. The summed E-state index contributed by atoms with van der Waals surface area (Å²) in [7, 11) is 3.66. The third kappa shape index (κ3) is 2.86. The average Bonchev–Trinajstić information content (AvgIpc) is 3.05. The lowest BCUT2D eigenvalue weighted by Crippen LogP contribution is -2.22. The number of anilines is 1. The summed E-state index contributed by atoms with van der Waals surface area (Å²) in [5.41, 5.74) is 3.04. The van der Waals surface area contributed by atoms with Crippen molar-refractivity contribution in [3.63, 3.8) is 0 Å². The molecule has 0 unspecified atom stereocenters. The average molecular weight is 297 g/mol. The van der Waals surface area contributed by atoms with E-state index >= 15 is 0 Å². The van der Waals surface area contributed by atoms with Gasteiger partial charge in [-0.3, -0.25) is 5.10 Å². The van der Waals surface area contributed by atoms with Crippen LogP contribution in [-0.4, -0.2) is 40.9 Å². The molecule has 3 rings (SSSR count). The highest BCUT2D eigenvalue weighted by atomic mass is 16.5. The van der Waals surface area contributed by atoms with E-state index in [-0.39, 0.29) is 0 Å². The van der Waals surface area contributed by atoms with Crippen molar-refractivity contribution in [1.82, 2.24) is 20.2 Å². The summed E-state index contributed by atoms with van der Waals surface area (Å²) in [5.74, 6) is 1.53. The molecule has 0 aliphatic rings. The highest BCUT2D eigenvalue weighted by molar-refractivity contribution is 5.83. The van der Waals surface area contributed by atoms with Gasteiger partial charge in [-0.2, -0.15) is 5.10 Å². The number of rotatable bonds is 5. The monoisotopic (exact) mass is 297 g/mol. The Morgan fingerprint density at radius 2 is 2.14 bits per heavy atom. The van der Waals surface area contributed by atoms with E-state index < -0.39 is 0 Å². The van der Waals surface area contributed by atoms with Crippen LogP contribution in [0.15, 0.2) is 30.6 Å². The number of H-pyrrole nitrogens is 1. The van der Waals surface area contributed by atoms with Gasteiger partial charge < -0.3 is 9.64 Å². The summed E-state index contributed by atoms with van der Waals surface area (Å²) in [4.78, 5) is 11.3. The number of benzene rings is 1. The fraction of sp³-hybridized carbons (Fsp3) is 0.312. The first kappa shape index (κ1) is 14.3. The Balaban J connectivity index is 1.86. The lowest BCUT2D eigenvalue weighted by atomic mass is 10.2. The second-order valence-corrected chi connectivity index (χ2v) is 5.27. The lowest BCUT2D eigenvalue weighted by Gasteiger charge is -2.18. The second-order valence-electron chi connectivity index (χ2n) is 5.27. The van der Waals surface area contributed by atoms with Crippen molar-refractivity contribution < 1.29 is 4.74 Å². The number of nitrogens with zero attached hydrogens (tertiary/aromatic N) is 4. The summed E-state index contributed by atoms with van der Waals surface area (Å²) in [6.07, 6.45) is 4.64. The highest BCUT2D eigenvalue weighted by Crippen LogP contribution is 2.23. The number of hydrogen-bond acceptors (Lipinski definition) is 5. The first-order valence-electron chi connectivity index (χ1n) is 7.18. The molecule has 0 spiro atoms. The largest absolute Gasteiger partial charge is 0.497 e. The smallest absolute Gasteiger partial charge is 0.225 e. The van der Waals surface area contributed by atoms with Crippen molar-refractivity contribution in [2.45, 2.75) is 13.3 Å². The Hall–Kier alpha value is -2.63. The molecule has 6 heteroatoms. The molecule has 0 atom stereocenters. The van der Waals surface area contributed by atoms with Crippen molar-refractivity contribution in [2.75, 3.05) is 25.6 Å². The minimum absolute atomic E-state index is 0.724. The van der Waals surface area contributed by atoms with Crippen LogP contribution in [0, 0.1) is 6.92 Å². The Morgan fingerprint density at radius 1 is 1.27 bits per heavy atom. The van der Waals surface area contributed by atoms with E-state index in [4.69, 9.17) is 4.74 Å². The Kier molecular flexibility index (Phi) is 3.91. The molecule has 3 aromatic rings. The minimum atomic E-state index is 0.724. The van der Waals surface area contributed by atoms with Crippen LogP contribution < -0.4 is 9.64 Å². The van der Waals surface area contributed by atoms with Gasteiger partial charge in [0.1, 0.15) is 5.75 Å². The number of nitrogens with one attached hydrogen (secondary N) is 1. The maximum atomic E-state index is 5.27. The van der Waals surface area contributed by atoms with Gasteiger partial charge >= 0.3 is 0 Å². The maximum Gasteiger partial charge on any atom is 0.225 e. The van der Waals surface area contributed by atoms with Crippen molar-refractivity contribution in [2.24, 2.45) is 0 Å². The Labute approximate surface area is 129 Å². The van der Waals surface area contributed by atoms with Gasteiger partial charge in [-0.25, -0.2) is 9.97 Å². The number of hydrogen-bond donors (Lipinski definition) is 1. The second kappa shape index (κ2) is 6.01. The molecule has 0 amide bonds. The van der Waals surface area contributed by atoms with Crippen LogP contribution in [0.1, 0.15) is 11.3 Å². The number of likely N-dealkylation sites (N-methyl/N-ethyl adjacent to an activating group) is 1. The molecule has 0 saturated carbocycles. The first-order valence-corrected chi connectivity index (χ1v) is 7.18. The molecular weight excluding hydrogens is 278 g/mol. The van der Waals surface area contributed by atoms with Crippen LogP contribution >= 0.6 is 0 Å². The van der Waals surface area contributed by atoms with Crippen molar-refractivity contribution >= 4 is 16.9 Å². The zero-order valence-electron chi connectivity index (χ0n) is 13.0. The fourth-order valence-electron chi connectivity index (χ4n) is 2.36. The molecular formula is C16H19N5O. The molecule has 1 aromatic carbocycles. The zero-order valence-corrected chi connectivity index (χ0v) is 13.0. The van der Waals surface area contributed by atoms with Gasteiger partial charge in [0.05, 0.1) is 24.5 Å². The first-order chi connectivity index (χ1) is 10.7. The van der Waals surface area contributed by atoms with Gasteiger partial charge in [-0.05, 0) is 31.0 Å². The zero-order chi connectivity index (χ0) is 15.5. The van der Waals surface area contributed by atoms with E-state index in [9.17, 15) is 0 Å². The third-order valence-electron chi connectivity index (χ3n) is 3.72. The summed E-state index contributed by atoms with van der Waals surface area (Å²) >= 11 is 0. The number of aromatic nitrogens is 4. The number of aromatic amines is 1. The lowest BCUT2D eigenvalue weighted by molar-refractivity contribution is 0.415. The Morgan fingerprint density at radius 3 is 2.86 bits per heavy atom. The molecule has 0 saturated heterocycles. The molecule has 0 bridgehead atoms.